The van der Waals surface area contributed by atoms with Gasteiger partial charge in [0.2, 0.25) is 11.7 Å². The minimum Gasteiger partial charge on any atom is -0.492 e. The van der Waals surface area contributed by atoms with Crippen molar-refractivity contribution < 1.29 is 22.7 Å². The molecule has 1 amide bonds. The Hall–Kier alpha value is -2.23. The number of benzene rings is 1. The van der Waals surface area contributed by atoms with E-state index < -0.39 is 12.0 Å². The van der Waals surface area contributed by atoms with Crippen LogP contribution in [0.15, 0.2) is 29.4 Å². The highest BCUT2D eigenvalue weighted by molar-refractivity contribution is 7.99. The molecule has 1 N–H and O–H groups in total. The van der Waals surface area contributed by atoms with Crippen molar-refractivity contribution in [3.05, 3.63) is 30.1 Å². The lowest BCUT2D eigenvalue weighted by atomic mass is 10.3. The molecule has 0 radical (unpaired) electrons. The van der Waals surface area contributed by atoms with Gasteiger partial charge >= 0.3 is 6.18 Å². The molecule has 0 unspecified atom stereocenters. The van der Waals surface area contributed by atoms with Crippen molar-refractivity contribution in [3.8, 4) is 5.75 Å². The molecule has 0 spiro atoms. The van der Waals surface area contributed by atoms with Crippen LogP contribution in [0.2, 0.25) is 0 Å². The number of nitrogens with one attached hydrogen (secondary N) is 1. The second-order valence-electron chi connectivity index (χ2n) is 4.63. The van der Waals surface area contributed by atoms with Crippen LogP contribution >= 0.6 is 11.8 Å². The minimum atomic E-state index is -4.58. The van der Waals surface area contributed by atoms with Gasteiger partial charge in [0.15, 0.2) is 5.16 Å². The van der Waals surface area contributed by atoms with Crippen LogP contribution in [0.4, 0.5) is 18.9 Å². The van der Waals surface area contributed by atoms with E-state index in [2.05, 4.69) is 15.5 Å². The van der Waals surface area contributed by atoms with Gasteiger partial charge in [-0.05, 0) is 19.1 Å². The largest absolute Gasteiger partial charge is 0.492 e. The quantitative estimate of drug-likeness (QED) is 0.802. The molecule has 2 rings (SSSR count). The van der Waals surface area contributed by atoms with Crippen molar-refractivity contribution in [2.75, 3.05) is 17.7 Å². The van der Waals surface area contributed by atoms with Crippen LogP contribution in [-0.4, -0.2) is 33.0 Å². The monoisotopic (exact) mass is 360 g/mol. The van der Waals surface area contributed by atoms with E-state index in [0.717, 1.165) is 16.3 Å². The zero-order valence-corrected chi connectivity index (χ0v) is 13.7. The fourth-order valence-electron chi connectivity index (χ4n) is 1.86. The van der Waals surface area contributed by atoms with E-state index in [1.807, 2.05) is 6.92 Å². The third-order valence-electron chi connectivity index (χ3n) is 2.88. The third kappa shape index (κ3) is 4.40. The fourth-order valence-corrected chi connectivity index (χ4v) is 2.57. The Bertz CT molecular complexity index is 718. The molecular formula is C14H15F3N4O2S. The molecule has 1 aromatic carbocycles. The van der Waals surface area contributed by atoms with Gasteiger partial charge in [0.05, 0.1) is 18.0 Å². The summed E-state index contributed by atoms with van der Waals surface area (Å²) in [6, 6.07) is 6.90. The predicted molar refractivity (Wildman–Crippen MR) is 83.0 cm³/mol. The summed E-state index contributed by atoms with van der Waals surface area (Å²) >= 11 is 0.867. The molecule has 0 saturated carbocycles. The second kappa shape index (κ2) is 7.56. The van der Waals surface area contributed by atoms with E-state index in [9.17, 15) is 18.0 Å². The van der Waals surface area contributed by atoms with Crippen LogP contribution in [0.1, 0.15) is 12.7 Å². The first kappa shape index (κ1) is 18.1. The number of amides is 1. The molecule has 1 heterocycles. The van der Waals surface area contributed by atoms with E-state index >= 15 is 0 Å². The number of hydrogen-bond acceptors (Lipinski definition) is 5. The molecule has 0 aliphatic carbocycles. The summed E-state index contributed by atoms with van der Waals surface area (Å²) in [6.07, 6.45) is -4.58. The number of alkyl halides is 3. The summed E-state index contributed by atoms with van der Waals surface area (Å²) in [5.74, 6) is -1.07. The Balaban J connectivity index is 1.98. The van der Waals surface area contributed by atoms with Crippen LogP contribution in [-0.2, 0) is 18.0 Å². The topological polar surface area (TPSA) is 69.0 Å². The summed E-state index contributed by atoms with van der Waals surface area (Å²) in [4.78, 5) is 12.0. The van der Waals surface area contributed by atoms with E-state index in [4.69, 9.17) is 4.74 Å². The van der Waals surface area contributed by atoms with E-state index in [1.165, 1.54) is 7.05 Å². The lowest BCUT2D eigenvalue weighted by Gasteiger charge is -2.11. The maximum Gasteiger partial charge on any atom is 0.451 e. The summed E-state index contributed by atoms with van der Waals surface area (Å²) in [6.45, 7) is 2.27. The minimum absolute atomic E-state index is 0.00979. The van der Waals surface area contributed by atoms with Crippen LogP contribution < -0.4 is 10.1 Å². The average molecular weight is 360 g/mol. The highest BCUT2D eigenvalue weighted by Gasteiger charge is 2.37. The Morgan fingerprint density at radius 3 is 2.67 bits per heavy atom. The number of carbonyl (C=O) groups is 1. The van der Waals surface area contributed by atoms with Gasteiger partial charge in [-0.15, -0.1) is 10.2 Å². The van der Waals surface area contributed by atoms with E-state index in [-0.39, 0.29) is 16.8 Å². The number of para-hydroxylation sites is 2. The summed E-state index contributed by atoms with van der Waals surface area (Å²) in [5.41, 5.74) is 0.499. The highest BCUT2D eigenvalue weighted by atomic mass is 32.2. The fraction of sp³-hybridized carbons (Fsp3) is 0.357. The molecule has 0 atom stereocenters. The van der Waals surface area contributed by atoms with Gasteiger partial charge in [-0.1, -0.05) is 23.9 Å². The molecule has 130 valence electrons. The van der Waals surface area contributed by atoms with E-state index in [1.54, 1.807) is 24.3 Å². The third-order valence-corrected chi connectivity index (χ3v) is 3.90. The zero-order valence-electron chi connectivity index (χ0n) is 12.9. The summed E-state index contributed by atoms with van der Waals surface area (Å²) in [5, 5.41) is 9.23. The molecule has 0 saturated heterocycles. The number of ether oxygens (including phenoxy) is 1. The Labute approximate surface area is 140 Å². The molecule has 1 aromatic heterocycles. The number of anilines is 1. The molecule has 24 heavy (non-hydrogen) atoms. The van der Waals surface area contributed by atoms with Crippen molar-refractivity contribution in [1.82, 2.24) is 14.8 Å². The van der Waals surface area contributed by atoms with Crippen LogP contribution in [0, 0.1) is 0 Å². The van der Waals surface area contributed by atoms with Crippen LogP contribution in [0.5, 0.6) is 5.75 Å². The number of thioether (sulfide) groups is 1. The normalized spacial score (nSPS) is 11.4. The molecule has 0 fully saturated rings. The SMILES string of the molecule is CCOc1ccccc1NC(=O)CSc1nnc(C(F)(F)F)n1C. The lowest BCUT2D eigenvalue weighted by molar-refractivity contribution is -0.147. The van der Waals surface area contributed by atoms with Crippen molar-refractivity contribution in [2.24, 2.45) is 7.05 Å². The molecule has 6 nitrogen and oxygen atoms in total. The van der Waals surface area contributed by atoms with Gasteiger partial charge < -0.3 is 14.6 Å². The van der Waals surface area contributed by atoms with Crippen molar-refractivity contribution in [1.29, 1.82) is 0 Å². The summed E-state index contributed by atoms with van der Waals surface area (Å²) in [7, 11) is 1.20. The summed E-state index contributed by atoms with van der Waals surface area (Å²) < 4.78 is 44.1. The van der Waals surface area contributed by atoms with Gasteiger partial charge in [-0.2, -0.15) is 13.2 Å². The standard InChI is InChI=1S/C14H15F3N4O2S/c1-3-23-10-7-5-4-6-9(10)18-11(22)8-24-13-20-19-12(21(13)2)14(15,16)17/h4-7H,3,8H2,1-2H3,(H,18,22). The predicted octanol–water partition coefficient (Wildman–Crippen LogP) is 2.96. The van der Waals surface area contributed by atoms with Crippen LogP contribution in [0.25, 0.3) is 0 Å². The molecule has 0 aliphatic heterocycles. The molecule has 2 aromatic rings. The average Bonchev–Trinajstić information content (AvgIpc) is 2.88. The number of aromatic nitrogens is 3. The number of hydrogen-bond donors (Lipinski definition) is 1. The Morgan fingerprint density at radius 2 is 2.04 bits per heavy atom. The van der Waals surface area contributed by atoms with Crippen molar-refractivity contribution >= 4 is 23.4 Å². The van der Waals surface area contributed by atoms with Gasteiger partial charge in [0.25, 0.3) is 0 Å². The second-order valence-corrected chi connectivity index (χ2v) is 5.57. The van der Waals surface area contributed by atoms with Gasteiger partial charge in [0, 0.05) is 7.05 Å². The van der Waals surface area contributed by atoms with Crippen molar-refractivity contribution in [2.45, 2.75) is 18.3 Å². The van der Waals surface area contributed by atoms with E-state index in [0.29, 0.717) is 18.0 Å². The molecular weight excluding hydrogens is 345 g/mol. The first-order chi connectivity index (χ1) is 11.3. The van der Waals surface area contributed by atoms with Gasteiger partial charge in [-0.25, -0.2) is 0 Å². The number of nitrogens with zero attached hydrogens (tertiary/aromatic N) is 3. The number of rotatable bonds is 6. The smallest absolute Gasteiger partial charge is 0.451 e. The van der Waals surface area contributed by atoms with Gasteiger partial charge in [0.1, 0.15) is 5.75 Å². The van der Waals surface area contributed by atoms with Gasteiger partial charge in [-0.3, -0.25) is 4.79 Å². The molecule has 0 aliphatic rings. The Kier molecular flexibility index (Phi) is 5.71. The maximum atomic E-state index is 12.6. The molecule has 10 heteroatoms. The Morgan fingerprint density at radius 1 is 1.33 bits per heavy atom. The lowest BCUT2D eigenvalue weighted by Crippen LogP contribution is -2.16. The molecule has 0 bridgehead atoms. The highest BCUT2D eigenvalue weighted by Crippen LogP contribution is 2.29. The maximum absolute atomic E-state index is 12.6. The first-order valence-electron chi connectivity index (χ1n) is 6.94. The van der Waals surface area contributed by atoms with Crippen molar-refractivity contribution in [3.63, 3.8) is 0 Å². The zero-order chi connectivity index (χ0) is 17.7. The number of carbonyl (C=O) groups excluding carboxylic acids is 1. The number of halogens is 3. The first-order valence-corrected chi connectivity index (χ1v) is 7.92. The van der Waals surface area contributed by atoms with Crippen LogP contribution in [0.3, 0.4) is 0 Å².